The van der Waals surface area contributed by atoms with Crippen molar-refractivity contribution in [3.8, 4) is 5.75 Å². The van der Waals surface area contributed by atoms with Gasteiger partial charge in [0.05, 0.1) is 0 Å². The molecule has 0 aliphatic heterocycles. The Hall–Kier alpha value is -1.81. The van der Waals surface area contributed by atoms with Gasteiger partial charge in [-0.15, -0.1) is 0 Å². The van der Waals surface area contributed by atoms with Crippen LogP contribution in [0.1, 0.15) is 25.2 Å². The van der Waals surface area contributed by atoms with Crippen LogP contribution in [0.3, 0.4) is 0 Å². The summed E-state index contributed by atoms with van der Waals surface area (Å²) in [5, 5.41) is 0. The molecule has 2 rings (SSSR count). The molecule has 2 N–H and O–H groups in total. The second kappa shape index (κ2) is 5.45. The summed E-state index contributed by atoms with van der Waals surface area (Å²) in [5.41, 5.74) is 6.29. The van der Waals surface area contributed by atoms with Crippen molar-refractivity contribution in [1.29, 1.82) is 0 Å². The highest BCUT2D eigenvalue weighted by Crippen LogP contribution is 2.28. The Bertz CT molecular complexity index is 546. The van der Waals surface area contributed by atoms with E-state index in [1.807, 2.05) is 49.9 Å². The third-order valence-electron chi connectivity index (χ3n) is 3.11. The molecule has 1 heterocycles. The van der Waals surface area contributed by atoms with Crippen molar-refractivity contribution in [2.24, 2.45) is 12.8 Å². The fourth-order valence-corrected chi connectivity index (χ4v) is 2.23. The second-order valence-electron chi connectivity index (χ2n) is 5.12. The normalized spacial score (nSPS) is 11.6. The van der Waals surface area contributed by atoms with Crippen LogP contribution in [0, 0.1) is 0 Å². The number of hydrogen-bond donors (Lipinski definition) is 1. The van der Waals surface area contributed by atoms with Crippen LogP contribution in [0.15, 0.2) is 36.7 Å². The number of benzene rings is 1. The van der Waals surface area contributed by atoms with Gasteiger partial charge in [0.15, 0.2) is 11.4 Å². The number of aromatic nitrogens is 2. The molecule has 0 atom stereocenters. The van der Waals surface area contributed by atoms with Crippen LogP contribution in [0.2, 0.25) is 0 Å². The molecule has 4 heteroatoms. The summed E-state index contributed by atoms with van der Waals surface area (Å²) >= 11 is 0. The van der Waals surface area contributed by atoms with E-state index < -0.39 is 5.60 Å². The molecule has 4 nitrogen and oxygen atoms in total. The lowest BCUT2D eigenvalue weighted by Crippen LogP contribution is -2.29. The quantitative estimate of drug-likeness (QED) is 0.896. The first kappa shape index (κ1) is 13.6. The highest BCUT2D eigenvalue weighted by Gasteiger charge is 2.27. The standard InChI is InChI=1S/C15H21N3O/c1-15(2,14-17-10-11-18(14)3)19-13-7-5-4-6-12(13)8-9-16/h4-7,10-11H,8-9,16H2,1-3H3. The molecule has 0 unspecified atom stereocenters. The number of hydrogen-bond acceptors (Lipinski definition) is 3. The second-order valence-corrected chi connectivity index (χ2v) is 5.12. The fraction of sp³-hybridized carbons (Fsp3) is 0.400. The van der Waals surface area contributed by atoms with Crippen LogP contribution >= 0.6 is 0 Å². The first-order chi connectivity index (χ1) is 9.04. The van der Waals surface area contributed by atoms with E-state index in [1.165, 1.54) is 0 Å². The molecule has 0 saturated heterocycles. The summed E-state index contributed by atoms with van der Waals surface area (Å²) in [6, 6.07) is 8.02. The average molecular weight is 259 g/mol. The van der Waals surface area contributed by atoms with E-state index in [1.54, 1.807) is 6.20 Å². The maximum Gasteiger partial charge on any atom is 0.161 e. The Balaban J connectivity index is 2.28. The zero-order valence-corrected chi connectivity index (χ0v) is 11.8. The molecule has 0 bridgehead atoms. The van der Waals surface area contributed by atoms with Crippen molar-refractivity contribution < 1.29 is 4.74 Å². The predicted molar refractivity (Wildman–Crippen MR) is 76.1 cm³/mol. The summed E-state index contributed by atoms with van der Waals surface area (Å²) < 4.78 is 8.15. The van der Waals surface area contributed by atoms with Gasteiger partial charge < -0.3 is 15.0 Å². The van der Waals surface area contributed by atoms with Crippen molar-refractivity contribution in [3.05, 3.63) is 48.0 Å². The number of rotatable bonds is 5. The van der Waals surface area contributed by atoms with Gasteiger partial charge in [-0.1, -0.05) is 18.2 Å². The number of aryl methyl sites for hydroxylation is 1. The van der Waals surface area contributed by atoms with Gasteiger partial charge in [0, 0.05) is 19.4 Å². The summed E-state index contributed by atoms with van der Waals surface area (Å²) in [6.45, 7) is 4.66. The summed E-state index contributed by atoms with van der Waals surface area (Å²) in [7, 11) is 1.97. The van der Waals surface area contributed by atoms with Gasteiger partial charge in [-0.05, 0) is 38.4 Å². The minimum absolute atomic E-state index is 0.483. The van der Waals surface area contributed by atoms with Gasteiger partial charge in [0.2, 0.25) is 0 Å². The van der Waals surface area contributed by atoms with E-state index >= 15 is 0 Å². The highest BCUT2D eigenvalue weighted by atomic mass is 16.5. The lowest BCUT2D eigenvalue weighted by Gasteiger charge is -2.27. The molecule has 0 aliphatic carbocycles. The van der Waals surface area contributed by atoms with Gasteiger partial charge in [-0.3, -0.25) is 0 Å². The smallest absolute Gasteiger partial charge is 0.161 e. The van der Waals surface area contributed by atoms with E-state index in [4.69, 9.17) is 10.5 Å². The summed E-state index contributed by atoms with van der Waals surface area (Å²) in [5.74, 6) is 1.77. The molecular weight excluding hydrogens is 238 g/mol. The fourth-order valence-electron chi connectivity index (χ4n) is 2.23. The van der Waals surface area contributed by atoms with Crippen LogP contribution in [0.25, 0.3) is 0 Å². The van der Waals surface area contributed by atoms with Crippen molar-refractivity contribution in [3.63, 3.8) is 0 Å². The first-order valence-corrected chi connectivity index (χ1v) is 6.49. The number of nitrogens with zero attached hydrogens (tertiary/aromatic N) is 2. The van der Waals surface area contributed by atoms with E-state index in [9.17, 15) is 0 Å². The molecule has 1 aromatic carbocycles. The van der Waals surface area contributed by atoms with Crippen LogP contribution in [0.4, 0.5) is 0 Å². The molecule has 0 saturated carbocycles. The molecule has 0 spiro atoms. The van der Waals surface area contributed by atoms with Crippen LogP contribution in [-0.4, -0.2) is 16.1 Å². The topological polar surface area (TPSA) is 53.1 Å². The Morgan fingerprint density at radius 3 is 2.68 bits per heavy atom. The van der Waals surface area contributed by atoms with Crippen molar-refractivity contribution in [1.82, 2.24) is 9.55 Å². The monoisotopic (exact) mass is 259 g/mol. The minimum atomic E-state index is -0.483. The largest absolute Gasteiger partial charge is 0.480 e. The number of para-hydroxylation sites is 1. The molecule has 0 fully saturated rings. The maximum atomic E-state index is 6.17. The lowest BCUT2D eigenvalue weighted by molar-refractivity contribution is 0.0940. The zero-order chi connectivity index (χ0) is 13.9. The molecule has 19 heavy (non-hydrogen) atoms. The van der Waals surface area contributed by atoms with Crippen molar-refractivity contribution in [2.45, 2.75) is 25.9 Å². The maximum absolute atomic E-state index is 6.17. The molecule has 2 aromatic rings. The van der Waals surface area contributed by atoms with Gasteiger partial charge in [0.25, 0.3) is 0 Å². The van der Waals surface area contributed by atoms with E-state index in [-0.39, 0.29) is 0 Å². The Labute approximate surface area is 114 Å². The van der Waals surface area contributed by atoms with Gasteiger partial charge in [0.1, 0.15) is 5.75 Å². The molecular formula is C15H21N3O. The zero-order valence-electron chi connectivity index (χ0n) is 11.8. The first-order valence-electron chi connectivity index (χ1n) is 6.49. The third-order valence-corrected chi connectivity index (χ3v) is 3.11. The van der Waals surface area contributed by atoms with Crippen LogP contribution in [-0.2, 0) is 19.1 Å². The molecule has 102 valence electrons. The van der Waals surface area contributed by atoms with Gasteiger partial charge in [-0.2, -0.15) is 0 Å². The minimum Gasteiger partial charge on any atom is -0.480 e. The molecule has 1 aromatic heterocycles. The average Bonchev–Trinajstić information content (AvgIpc) is 2.79. The molecule has 0 radical (unpaired) electrons. The van der Waals surface area contributed by atoms with E-state index in [2.05, 4.69) is 11.1 Å². The summed E-state index contributed by atoms with van der Waals surface area (Å²) in [4.78, 5) is 4.37. The lowest BCUT2D eigenvalue weighted by atomic mass is 10.1. The van der Waals surface area contributed by atoms with Crippen LogP contribution < -0.4 is 10.5 Å². The Morgan fingerprint density at radius 1 is 1.32 bits per heavy atom. The number of ether oxygens (including phenoxy) is 1. The Kier molecular flexibility index (Phi) is 3.90. The predicted octanol–water partition coefficient (Wildman–Crippen LogP) is 2.24. The number of nitrogens with two attached hydrogens (primary N) is 1. The van der Waals surface area contributed by atoms with Gasteiger partial charge >= 0.3 is 0 Å². The van der Waals surface area contributed by atoms with Crippen molar-refractivity contribution in [2.75, 3.05) is 6.54 Å². The van der Waals surface area contributed by atoms with E-state index in [0.717, 1.165) is 23.6 Å². The highest BCUT2D eigenvalue weighted by molar-refractivity contribution is 5.34. The third kappa shape index (κ3) is 2.96. The summed E-state index contributed by atoms with van der Waals surface area (Å²) in [6.07, 6.45) is 4.52. The van der Waals surface area contributed by atoms with Crippen molar-refractivity contribution >= 4 is 0 Å². The number of imidazole rings is 1. The van der Waals surface area contributed by atoms with Gasteiger partial charge in [-0.25, -0.2) is 4.98 Å². The Morgan fingerprint density at radius 2 is 2.05 bits per heavy atom. The van der Waals surface area contributed by atoms with Crippen LogP contribution in [0.5, 0.6) is 5.75 Å². The SMILES string of the molecule is Cn1ccnc1C(C)(C)Oc1ccccc1CCN. The van der Waals surface area contributed by atoms with E-state index in [0.29, 0.717) is 6.54 Å². The molecule has 0 amide bonds. The molecule has 0 aliphatic rings.